The van der Waals surface area contributed by atoms with Gasteiger partial charge in [0.05, 0.1) is 21.0 Å². The van der Waals surface area contributed by atoms with Crippen LogP contribution in [-0.2, 0) is 19.6 Å². The lowest BCUT2D eigenvalue weighted by molar-refractivity contribution is -0.119. The Morgan fingerprint density at radius 2 is 1.84 bits per heavy atom. The first kappa shape index (κ1) is 23.2. The monoisotopic (exact) mass is 485 g/mol. The zero-order valence-corrected chi connectivity index (χ0v) is 18.7. The van der Waals surface area contributed by atoms with Crippen molar-refractivity contribution in [3.63, 3.8) is 0 Å². The molecule has 0 bridgehead atoms. The van der Waals surface area contributed by atoms with E-state index in [0.29, 0.717) is 13.1 Å². The maximum absolute atomic E-state index is 12.8. The Kier molecular flexibility index (Phi) is 7.31. The van der Waals surface area contributed by atoms with E-state index in [1.54, 1.807) is 5.38 Å². The number of sulfonamides is 1. The van der Waals surface area contributed by atoms with E-state index in [1.165, 1.54) is 22.5 Å². The molecule has 12 heteroatoms. The molecule has 1 aromatic carbocycles. The van der Waals surface area contributed by atoms with Crippen LogP contribution in [-0.4, -0.2) is 50.2 Å². The van der Waals surface area contributed by atoms with Crippen LogP contribution >= 0.6 is 22.9 Å². The van der Waals surface area contributed by atoms with Crippen molar-refractivity contribution in [2.75, 3.05) is 25.0 Å². The number of nitrogens with one attached hydrogen (secondary N) is 1. The van der Waals surface area contributed by atoms with Crippen molar-refractivity contribution in [3.05, 3.63) is 45.8 Å². The summed E-state index contributed by atoms with van der Waals surface area (Å²) < 4.78 is 32.0. The SMILES string of the molecule is NC(=O)c1ccsc1NC(=O)COC(=O)c1cc(S(=O)(=O)N2CCCCC2)ccc1Cl. The summed E-state index contributed by atoms with van der Waals surface area (Å²) >= 11 is 7.15. The van der Waals surface area contributed by atoms with E-state index in [2.05, 4.69) is 5.32 Å². The highest BCUT2D eigenvalue weighted by Crippen LogP contribution is 2.26. The zero-order chi connectivity index (χ0) is 22.6. The van der Waals surface area contributed by atoms with Crippen molar-refractivity contribution in [3.8, 4) is 0 Å². The molecule has 0 unspecified atom stereocenters. The number of hydrogen-bond acceptors (Lipinski definition) is 7. The molecule has 1 saturated heterocycles. The van der Waals surface area contributed by atoms with Crippen LogP contribution in [0.25, 0.3) is 0 Å². The Balaban J connectivity index is 1.68. The number of rotatable bonds is 7. The number of carbonyl (C=O) groups excluding carboxylic acids is 3. The normalized spacial score (nSPS) is 14.7. The van der Waals surface area contributed by atoms with Crippen LogP contribution in [0.5, 0.6) is 0 Å². The number of carbonyl (C=O) groups is 3. The number of piperidine rings is 1. The molecule has 3 rings (SSSR count). The molecule has 2 amide bonds. The third kappa shape index (κ3) is 5.42. The van der Waals surface area contributed by atoms with Gasteiger partial charge in [-0.25, -0.2) is 13.2 Å². The van der Waals surface area contributed by atoms with Crippen molar-refractivity contribution in [2.24, 2.45) is 5.73 Å². The van der Waals surface area contributed by atoms with Gasteiger partial charge < -0.3 is 15.8 Å². The topological polar surface area (TPSA) is 136 Å². The molecule has 2 aromatic rings. The van der Waals surface area contributed by atoms with E-state index in [0.717, 1.165) is 36.7 Å². The van der Waals surface area contributed by atoms with Crippen molar-refractivity contribution in [1.29, 1.82) is 0 Å². The van der Waals surface area contributed by atoms with Crippen LogP contribution in [0.3, 0.4) is 0 Å². The number of nitrogens with two attached hydrogens (primary N) is 1. The summed E-state index contributed by atoms with van der Waals surface area (Å²) in [5.74, 6) is -2.34. The van der Waals surface area contributed by atoms with Crippen molar-refractivity contribution in [2.45, 2.75) is 24.2 Å². The van der Waals surface area contributed by atoms with E-state index in [4.69, 9.17) is 22.1 Å². The number of halogens is 1. The van der Waals surface area contributed by atoms with E-state index in [-0.39, 0.29) is 26.0 Å². The van der Waals surface area contributed by atoms with Gasteiger partial charge in [0.15, 0.2) is 6.61 Å². The minimum atomic E-state index is -3.77. The molecule has 3 N–H and O–H groups in total. The van der Waals surface area contributed by atoms with Crippen molar-refractivity contribution >= 4 is 55.7 Å². The van der Waals surface area contributed by atoms with Crippen LogP contribution in [0.4, 0.5) is 5.00 Å². The van der Waals surface area contributed by atoms with Crippen molar-refractivity contribution in [1.82, 2.24) is 4.31 Å². The van der Waals surface area contributed by atoms with Gasteiger partial charge >= 0.3 is 5.97 Å². The smallest absolute Gasteiger partial charge is 0.340 e. The number of anilines is 1. The van der Waals surface area contributed by atoms with Gasteiger partial charge in [-0.1, -0.05) is 18.0 Å². The second kappa shape index (κ2) is 9.77. The minimum absolute atomic E-state index is 0.00252. The van der Waals surface area contributed by atoms with Crippen molar-refractivity contribution < 1.29 is 27.5 Å². The Bertz CT molecular complexity index is 1110. The summed E-state index contributed by atoms with van der Waals surface area (Å²) in [7, 11) is -3.77. The van der Waals surface area contributed by atoms with Gasteiger partial charge in [-0.15, -0.1) is 11.3 Å². The second-order valence-corrected chi connectivity index (χ2v) is 10.0. The van der Waals surface area contributed by atoms with Gasteiger partial charge in [0.2, 0.25) is 10.0 Å². The van der Waals surface area contributed by atoms with Gasteiger partial charge in [-0.3, -0.25) is 9.59 Å². The van der Waals surface area contributed by atoms with Crippen LogP contribution in [0.1, 0.15) is 40.0 Å². The minimum Gasteiger partial charge on any atom is -0.452 e. The van der Waals surface area contributed by atoms with Gasteiger partial charge in [0.1, 0.15) is 5.00 Å². The first-order valence-corrected chi connectivity index (χ1v) is 12.0. The molecule has 9 nitrogen and oxygen atoms in total. The van der Waals surface area contributed by atoms with Crippen LogP contribution in [0.15, 0.2) is 34.5 Å². The molecular formula is C19H20ClN3O6S2. The molecule has 2 heterocycles. The van der Waals surface area contributed by atoms with E-state index in [9.17, 15) is 22.8 Å². The number of esters is 1. The molecular weight excluding hydrogens is 466 g/mol. The molecule has 0 spiro atoms. The van der Waals surface area contributed by atoms with Crippen LogP contribution in [0, 0.1) is 0 Å². The molecule has 1 aliphatic rings. The third-order valence-corrected chi connectivity index (χ3v) is 7.68. The molecule has 1 aromatic heterocycles. The van der Waals surface area contributed by atoms with Crippen LogP contribution < -0.4 is 11.1 Å². The maximum atomic E-state index is 12.8. The summed E-state index contributed by atoms with van der Waals surface area (Å²) in [6, 6.07) is 5.25. The van der Waals surface area contributed by atoms with Gasteiger partial charge in [-0.2, -0.15) is 4.31 Å². The van der Waals surface area contributed by atoms with Gasteiger partial charge in [0.25, 0.3) is 11.8 Å². The molecule has 1 aliphatic heterocycles. The molecule has 0 aliphatic carbocycles. The maximum Gasteiger partial charge on any atom is 0.340 e. The first-order chi connectivity index (χ1) is 14.7. The summed E-state index contributed by atoms with van der Waals surface area (Å²) in [6.45, 7) is 0.177. The fourth-order valence-electron chi connectivity index (χ4n) is 3.05. The lowest BCUT2D eigenvalue weighted by Crippen LogP contribution is -2.35. The standard InChI is InChI=1S/C19H20ClN3O6S2/c20-15-5-4-12(31(27,28)23-7-2-1-3-8-23)10-14(15)19(26)29-11-16(24)22-18-13(17(21)25)6-9-30-18/h4-6,9-10H,1-3,7-8,11H2,(H2,21,25)(H,22,24). The Labute approximate surface area is 188 Å². The highest BCUT2D eigenvalue weighted by Gasteiger charge is 2.27. The Morgan fingerprint density at radius 3 is 2.52 bits per heavy atom. The van der Waals surface area contributed by atoms with E-state index in [1.807, 2.05) is 0 Å². The third-order valence-electron chi connectivity index (χ3n) is 4.63. The molecule has 0 radical (unpaired) electrons. The lowest BCUT2D eigenvalue weighted by Gasteiger charge is -2.26. The Hall–Kier alpha value is -2.47. The summed E-state index contributed by atoms with van der Waals surface area (Å²) in [5, 5.41) is 4.25. The highest BCUT2D eigenvalue weighted by atomic mass is 35.5. The highest BCUT2D eigenvalue weighted by molar-refractivity contribution is 7.89. The summed E-state index contributed by atoms with van der Waals surface area (Å²) in [4.78, 5) is 35.7. The summed E-state index contributed by atoms with van der Waals surface area (Å²) in [6.07, 6.45) is 2.52. The molecule has 31 heavy (non-hydrogen) atoms. The number of nitrogens with zero attached hydrogens (tertiary/aromatic N) is 1. The molecule has 166 valence electrons. The van der Waals surface area contributed by atoms with E-state index >= 15 is 0 Å². The quantitative estimate of drug-likeness (QED) is 0.578. The van der Waals surface area contributed by atoms with Gasteiger partial charge in [0, 0.05) is 13.1 Å². The second-order valence-electron chi connectivity index (χ2n) is 6.76. The average Bonchev–Trinajstić information content (AvgIpc) is 3.21. The van der Waals surface area contributed by atoms with Gasteiger partial charge in [-0.05, 0) is 42.5 Å². The fourth-order valence-corrected chi connectivity index (χ4v) is 5.59. The fraction of sp³-hybridized carbons (Fsp3) is 0.316. The lowest BCUT2D eigenvalue weighted by atomic mass is 10.2. The Morgan fingerprint density at radius 1 is 1.13 bits per heavy atom. The molecule has 1 fully saturated rings. The number of ether oxygens (including phenoxy) is 1. The molecule has 0 saturated carbocycles. The summed E-state index contributed by atoms with van der Waals surface area (Å²) in [5.41, 5.74) is 5.19. The first-order valence-electron chi connectivity index (χ1n) is 9.34. The number of primary amides is 1. The number of benzene rings is 1. The largest absolute Gasteiger partial charge is 0.452 e. The molecule has 0 atom stereocenters. The number of hydrogen-bond donors (Lipinski definition) is 2. The number of amides is 2. The zero-order valence-electron chi connectivity index (χ0n) is 16.3. The predicted octanol–water partition coefficient (Wildman–Crippen LogP) is 2.47. The van der Waals surface area contributed by atoms with E-state index < -0.39 is 34.4 Å². The number of thiophene rings is 1. The predicted molar refractivity (Wildman–Crippen MR) is 116 cm³/mol. The van der Waals surface area contributed by atoms with Crippen LogP contribution in [0.2, 0.25) is 5.02 Å². The average molecular weight is 486 g/mol.